The highest BCUT2D eigenvalue weighted by Crippen LogP contribution is 2.35. The number of ether oxygens (including phenoxy) is 1. The summed E-state index contributed by atoms with van der Waals surface area (Å²) in [5.74, 6) is 0.664. The van der Waals surface area contributed by atoms with Crippen molar-refractivity contribution in [3.63, 3.8) is 0 Å². The van der Waals surface area contributed by atoms with Crippen LogP contribution in [0.5, 0.6) is 5.75 Å². The molecule has 0 saturated carbocycles. The molecule has 1 amide bonds. The molecular weight excluding hydrogens is 350 g/mol. The maximum Gasteiger partial charge on any atom is 0.255 e. The van der Waals surface area contributed by atoms with E-state index in [0.717, 1.165) is 33.4 Å². The summed E-state index contributed by atoms with van der Waals surface area (Å²) in [7, 11) is 1.65. The number of hydrogen-bond donors (Lipinski definition) is 1. The molecule has 4 rings (SSSR count). The van der Waals surface area contributed by atoms with Gasteiger partial charge in [0.1, 0.15) is 11.3 Å². The van der Waals surface area contributed by atoms with E-state index in [1.165, 1.54) is 0 Å². The summed E-state index contributed by atoms with van der Waals surface area (Å²) in [6.07, 6.45) is 1.72. The van der Waals surface area contributed by atoms with Crippen LogP contribution in [0.15, 0.2) is 77.4 Å². The van der Waals surface area contributed by atoms with E-state index in [4.69, 9.17) is 9.15 Å². The lowest BCUT2D eigenvalue weighted by molar-refractivity contribution is 0.0951. The van der Waals surface area contributed by atoms with E-state index in [2.05, 4.69) is 5.32 Å². The van der Waals surface area contributed by atoms with E-state index in [1.807, 2.05) is 67.6 Å². The summed E-state index contributed by atoms with van der Waals surface area (Å²) < 4.78 is 11.1. The molecule has 0 aliphatic carbocycles. The fourth-order valence-electron chi connectivity index (χ4n) is 3.38. The molecule has 0 fully saturated rings. The van der Waals surface area contributed by atoms with Gasteiger partial charge < -0.3 is 14.5 Å². The second-order valence-electron chi connectivity index (χ2n) is 6.68. The van der Waals surface area contributed by atoms with Crippen LogP contribution in [0.3, 0.4) is 0 Å². The lowest BCUT2D eigenvalue weighted by Crippen LogP contribution is -2.22. The second kappa shape index (κ2) is 7.61. The Balaban J connectivity index is 1.66. The van der Waals surface area contributed by atoms with Gasteiger partial charge in [-0.3, -0.25) is 4.79 Å². The number of benzene rings is 3. The van der Waals surface area contributed by atoms with Gasteiger partial charge in [0.2, 0.25) is 0 Å². The molecular formula is C24H21NO3. The molecule has 0 aliphatic heterocycles. The van der Waals surface area contributed by atoms with E-state index < -0.39 is 0 Å². The number of carbonyl (C=O) groups is 1. The van der Waals surface area contributed by atoms with E-state index >= 15 is 0 Å². The van der Waals surface area contributed by atoms with Crippen molar-refractivity contribution in [2.24, 2.45) is 0 Å². The highest BCUT2D eigenvalue weighted by atomic mass is 16.5. The van der Waals surface area contributed by atoms with Gasteiger partial charge >= 0.3 is 0 Å². The number of para-hydroxylation sites is 1. The number of methoxy groups -OCH3 is 1. The van der Waals surface area contributed by atoms with Gasteiger partial charge in [-0.05, 0) is 41.8 Å². The van der Waals surface area contributed by atoms with Crippen LogP contribution >= 0.6 is 0 Å². The van der Waals surface area contributed by atoms with Crippen LogP contribution in [-0.4, -0.2) is 13.0 Å². The average molecular weight is 371 g/mol. The van der Waals surface area contributed by atoms with Crippen molar-refractivity contribution in [2.75, 3.05) is 7.11 Å². The predicted molar refractivity (Wildman–Crippen MR) is 111 cm³/mol. The topological polar surface area (TPSA) is 51.5 Å². The van der Waals surface area contributed by atoms with Gasteiger partial charge in [0.05, 0.1) is 18.9 Å². The zero-order valence-corrected chi connectivity index (χ0v) is 15.9. The Morgan fingerprint density at radius 3 is 2.57 bits per heavy atom. The maximum absolute atomic E-state index is 12.7. The molecule has 1 aromatic heterocycles. The average Bonchev–Trinajstić information content (AvgIpc) is 3.16. The third-order valence-electron chi connectivity index (χ3n) is 4.86. The van der Waals surface area contributed by atoms with Crippen molar-refractivity contribution < 1.29 is 13.9 Å². The van der Waals surface area contributed by atoms with Crippen molar-refractivity contribution in [3.05, 3.63) is 89.7 Å². The van der Waals surface area contributed by atoms with Crippen molar-refractivity contribution in [3.8, 4) is 16.9 Å². The molecule has 3 aromatic carbocycles. The van der Waals surface area contributed by atoms with Gasteiger partial charge in [0.25, 0.3) is 5.91 Å². The molecule has 4 aromatic rings. The molecule has 4 nitrogen and oxygen atoms in total. The highest BCUT2D eigenvalue weighted by Gasteiger charge is 2.17. The van der Waals surface area contributed by atoms with Crippen LogP contribution in [0.4, 0.5) is 0 Å². The molecule has 4 heteroatoms. The number of aryl methyl sites for hydroxylation is 1. The van der Waals surface area contributed by atoms with Gasteiger partial charge in [0.15, 0.2) is 0 Å². The van der Waals surface area contributed by atoms with Gasteiger partial charge in [-0.25, -0.2) is 0 Å². The molecule has 28 heavy (non-hydrogen) atoms. The van der Waals surface area contributed by atoms with E-state index in [0.29, 0.717) is 17.7 Å². The standard InChI is InChI=1S/C24H21NO3/c1-16-13-18(27-2)11-12-19(16)22-15-28-23-20(22)9-6-10-21(23)24(26)25-14-17-7-4-3-5-8-17/h3-13,15H,14H2,1-2H3,(H,25,26). The third-order valence-corrected chi connectivity index (χ3v) is 4.86. The normalized spacial score (nSPS) is 10.8. The van der Waals surface area contributed by atoms with Crippen LogP contribution in [0.2, 0.25) is 0 Å². The Morgan fingerprint density at radius 2 is 1.82 bits per heavy atom. The first-order chi connectivity index (χ1) is 13.7. The first kappa shape index (κ1) is 17.9. The Hall–Kier alpha value is -3.53. The highest BCUT2D eigenvalue weighted by molar-refractivity contribution is 6.08. The molecule has 0 saturated heterocycles. The first-order valence-corrected chi connectivity index (χ1v) is 9.14. The van der Waals surface area contributed by atoms with E-state index in [-0.39, 0.29) is 5.91 Å². The van der Waals surface area contributed by atoms with Gasteiger partial charge in [0, 0.05) is 17.5 Å². The minimum atomic E-state index is -0.151. The third kappa shape index (κ3) is 3.37. The van der Waals surface area contributed by atoms with Crippen LogP contribution in [-0.2, 0) is 6.54 Å². The van der Waals surface area contributed by atoms with Gasteiger partial charge in [-0.1, -0.05) is 48.5 Å². The maximum atomic E-state index is 12.7. The van der Waals surface area contributed by atoms with Crippen LogP contribution in [0, 0.1) is 6.92 Å². The van der Waals surface area contributed by atoms with E-state index in [1.54, 1.807) is 19.4 Å². The fraction of sp³-hybridized carbons (Fsp3) is 0.125. The fourth-order valence-corrected chi connectivity index (χ4v) is 3.38. The molecule has 0 unspecified atom stereocenters. The van der Waals surface area contributed by atoms with Crippen LogP contribution in [0.1, 0.15) is 21.5 Å². The Kier molecular flexibility index (Phi) is 4.85. The molecule has 1 heterocycles. The van der Waals surface area contributed by atoms with Crippen molar-refractivity contribution >= 4 is 16.9 Å². The minimum Gasteiger partial charge on any atom is -0.497 e. The first-order valence-electron chi connectivity index (χ1n) is 9.14. The van der Waals surface area contributed by atoms with Gasteiger partial charge in [-0.15, -0.1) is 0 Å². The summed E-state index contributed by atoms with van der Waals surface area (Å²) in [5.41, 5.74) is 5.29. The number of carbonyl (C=O) groups excluding carboxylic acids is 1. The van der Waals surface area contributed by atoms with E-state index in [9.17, 15) is 4.79 Å². The Bertz CT molecular complexity index is 1130. The number of hydrogen-bond acceptors (Lipinski definition) is 3. The summed E-state index contributed by atoms with van der Waals surface area (Å²) in [6.45, 7) is 2.51. The monoisotopic (exact) mass is 371 g/mol. The van der Waals surface area contributed by atoms with Crippen LogP contribution < -0.4 is 10.1 Å². The zero-order valence-electron chi connectivity index (χ0n) is 15.9. The molecule has 140 valence electrons. The van der Waals surface area contributed by atoms with Gasteiger partial charge in [-0.2, -0.15) is 0 Å². The molecule has 0 bridgehead atoms. The number of fused-ring (bicyclic) bond motifs is 1. The zero-order chi connectivity index (χ0) is 19.5. The van der Waals surface area contributed by atoms with Crippen molar-refractivity contribution in [1.82, 2.24) is 5.32 Å². The summed E-state index contributed by atoms with van der Waals surface area (Å²) in [4.78, 5) is 12.7. The number of amides is 1. The molecule has 0 radical (unpaired) electrons. The summed E-state index contributed by atoms with van der Waals surface area (Å²) in [6, 6.07) is 21.4. The van der Waals surface area contributed by atoms with Crippen LogP contribution in [0.25, 0.3) is 22.1 Å². The predicted octanol–water partition coefficient (Wildman–Crippen LogP) is 5.35. The molecule has 0 aliphatic rings. The smallest absolute Gasteiger partial charge is 0.255 e. The lowest BCUT2D eigenvalue weighted by Gasteiger charge is -2.08. The molecule has 0 spiro atoms. The number of rotatable bonds is 5. The SMILES string of the molecule is COc1ccc(-c2coc3c(C(=O)NCc4ccccc4)cccc23)c(C)c1. The van der Waals surface area contributed by atoms with Crippen molar-refractivity contribution in [1.29, 1.82) is 0 Å². The van der Waals surface area contributed by atoms with Crippen molar-refractivity contribution in [2.45, 2.75) is 13.5 Å². The minimum absolute atomic E-state index is 0.151. The summed E-state index contributed by atoms with van der Waals surface area (Å²) in [5, 5.41) is 3.88. The second-order valence-corrected chi connectivity index (χ2v) is 6.68. The lowest BCUT2D eigenvalue weighted by atomic mass is 9.98. The molecule has 1 N–H and O–H groups in total. The number of nitrogens with one attached hydrogen (secondary N) is 1. The summed E-state index contributed by atoms with van der Waals surface area (Å²) >= 11 is 0. The Morgan fingerprint density at radius 1 is 1.00 bits per heavy atom. The Labute approximate surface area is 163 Å². The molecule has 0 atom stereocenters. The largest absolute Gasteiger partial charge is 0.497 e. The number of furan rings is 1. The quantitative estimate of drug-likeness (QED) is 0.515.